The summed E-state index contributed by atoms with van der Waals surface area (Å²) in [5, 5.41) is 0. The summed E-state index contributed by atoms with van der Waals surface area (Å²) in [7, 11) is 0. The molecule has 0 unspecified atom stereocenters. The van der Waals surface area contributed by atoms with Crippen molar-refractivity contribution in [3.8, 4) is 5.75 Å². The quantitative estimate of drug-likeness (QED) is 0.180. The molecule has 0 aliphatic heterocycles. The second-order valence-electron chi connectivity index (χ2n) is 8.01. The number of hydrogen-bond acceptors (Lipinski definition) is 2. The zero-order chi connectivity index (χ0) is 21.4. The Bertz CT molecular complexity index is 641. The number of halogens is 5. The van der Waals surface area contributed by atoms with Gasteiger partial charge in [-0.25, -0.2) is 8.78 Å². The molecule has 0 spiro atoms. The Morgan fingerprint density at radius 3 is 2.03 bits per heavy atom. The van der Waals surface area contributed by atoms with Crippen LogP contribution in [0.2, 0.25) is 0 Å². The minimum atomic E-state index is -5.15. The van der Waals surface area contributed by atoms with Gasteiger partial charge in [-0.3, -0.25) is 4.79 Å². The van der Waals surface area contributed by atoms with Crippen LogP contribution in [0, 0.1) is 23.5 Å². The predicted molar refractivity (Wildman–Crippen MR) is 100 cm³/mol. The van der Waals surface area contributed by atoms with E-state index in [1.807, 2.05) is 0 Å². The smallest absolute Gasteiger partial charge is 0.422 e. The van der Waals surface area contributed by atoms with Crippen LogP contribution in [0.25, 0.3) is 0 Å². The van der Waals surface area contributed by atoms with Crippen molar-refractivity contribution in [1.29, 1.82) is 0 Å². The first kappa shape index (κ1) is 23.6. The lowest BCUT2D eigenvalue weighted by molar-refractivity contribution is -0.142. The SMILES string of the molecule is CCCCCC[C@H]1CC[C@H](CCC(=O)Oc2cc(F)c(C(F)(F)F)c(F)c2)CC1. The summed E-state index contributed by atoms with van der Waals surface area (Å²) in [6.07, 6.45) is 6.29. The number of hydrogen-bond donors (Lipinski definition) is 0. The molecule has 0 atom stereocenters. The molecule has 2 nitrogen and oxygen atoms in total. The second-order valence-corrected chi connectivity index (χ2v) is 8.01. The molecule has 1 aromatic carbocycles. The fourth-order valence-corrected chi connectivity index (χ4v) is 4.05. The van der Waals surface area contributed by atoms with Crippen LogP contribution in [0.3, 0.4) is 0 Å². The molecule has 1 aliphatic carbocycles. The topological polar surface area (TPSA) is 26.3 Å². The van der Waals surface area contributed by atoms with E-state index in [0.717, 1.165) is 31.6 Å². The van der Waals surface area contributed by atoms with Crippen molar-refractivity contribution in [2.45, 2.75) is 83.7 Å². The van der Waals surface area contributed by atoms with Gasteiger partial charge < -0.3 is 4.74 Å². The maximum absolute atomic E-state index is 13.6. The zero-order valence-corrected chi connectivity index (χ0v) is 16.8. The van der Waals surface area contributed by atoms with Crippen molar-refractivity contribution in [1.82, 2.24) is 0 Å². The van der Waals surface area contributed by atoms with Gasteiger partial charge in [-0.05, 0) is 18.3 Å². The molecule has 164 valence electrons. The lowest BCUT2D eigenvalue weighted by atomic mass is 9.78. The van der Waals surface area contributed by atoms with E-state index in [2.05, 4.69) is 6.92 Å². The predicted octanol–water partition coefficient (Wildman–Crippen LogP) is 7.45. The highest BCUT2D eigenvalue weighted by Crippen LogP contribution is 2.36. The summed E-state index contributed by atoms with van der Waals surface area (Å²) < 4.78 is 69.7. The molecule has 0 aromatic heterocycles. The number of esters is 1. The number of carbonyl (C=O) groups is 1. The van der Waals surface area contributed by atoms with Crippen LogP contribution in [0.15, 0.2) is 12.1 Å². The maximum atomic E-state index is 13.6. The summed E-state index contributed by atoms with van der Waals surface area (Å²) in [5.74, 6) is -3.65. The van der Waals surface area contributed by atoms with Crippen molar-refractivity contribution in [3.05, 3.63) is 29.3 Å². The van der Waals surface area contributed by atoms with Crippen molar-refractivity contribution < 1.29 is 31.5 Å². The van der Waals surface area contributed by atoms with Gasteiger partial charge >= 0.3 is 12.1 Å². The van der Waals surface area contributed by atoms with E-state index < -0.39 is 35.1 Å². The standard InChI is InChI=1S/C22H29F5O2/c1-2-3-4-5-6-15-7-9-16(10-8-15)11-12-20(28)29-17-13-18(23)21(19(24)14-17)22(25,26)27/h13-16H,2-12H2,1H3/t15-,16-. The molecule has 0 amide bonds. The highest BCUT2D eigenvalue weighted by atomic mass is 19.4. The molecule has 0 heterocycles. The molecule has 7 heteroatoms. The van der Waals surface area contributed by atoms with E-state index in [1.54, 1.807) is 0 Å². The third kappa shape index (κ3) is 7.59. The first-order valence-corrected chi connectivity index (χ1v) is 10.5. The summed E-state index contributed by atoms with van der Waals surface area (Å²) in [6, 6.07) is 0.793. The Hall–Kier alpha value is -1.66. The molecule has 1 saturated carbocycles. The first-order chi connectivity index (χ1) is 13.7. The van der Waals surface area contributed by atoms with Gasteiger partial charge in [0.2, 0.25) is 0 Å². The lowest BCUT2D eigenvalue weighted by Crippen LogP contribution is -2.17. The normalized spacial score (nSPS) is 19.9. The number of ether oxygens (including phenoxy) is 1. The molecule has 0 N–H and O–H groups in total. The van der Waals surface area contributed by atoms with E-state index in [9.17, 15) is 26.7 Å². The van der Waals surface area contributed by atoms with Crippen LogP contribution in [0.1, 0.15) is 83.1 Å². The maximum Gasteiger partial charge on any atom is 0.422 e. The van der Waals surface area contributed by atoms with E-state index in [4.69, 9.17) is 4.74 Å². The Kier molecular flexibility index (Phi) is 8.90. The Balaban J connectivity index is 1.74. The number of alkyl halides is 3. The average molecular weight is 420 g/mol. The fraction of sp³-hybridized carbons (Fsp3) is 0.682. The summed E-state index contributed by atoms with van der Waals surface area (Å²) >= 11 is 0. The lowest BCUT2D eigenvalue weighted by Gasteiger charge is -2.28. The second kappa shape index (κ2) is 10.9. The van der Waals surface area contributed by atoms with E-state index in [1.165, 1.54) is 32.1 Å². The van der Waals surface area contributed by atoms with Gasteiger partial charge in [0, 0.05) is 18.6 Å². The summed E-state index contributed by atoms with van der Waals surface area (Å²) in [5.41, 5.74) is -1.98. The largest absolute Gasteiger partial charge is 0.426 e. The Labute approximate surface area is 168 Å². The van der Waals surface area contributed by atoms with E-state index in [-0.39, 0.29) is 6.42 Å². The number of carbonyl (C=O) groups excluding carboxylic acids is 1. The van der Waals surface area contributed by atoms with Gasteiger partial charge in [0.1, 0.15) is 22.9 Å². The fourth-order valence-electron chi connectivity index (χ4n) is 4.05. The van der Waals surface area contributed by atoms with Crippen LogP contribution in [0.4, 0.5) is 22.0 Å². The molecule has 29 heavy (non-hydrogen) atoms. The molecule has 0 bridgehead atoms. The third-order valence-corrected chi connectivity index (χ3v) is 5.72. The van der Waals surface area contributed by atoms with Crippen LogP contribution >= 0.6 is 0 Å². The van der Waals surface area contributed by atoms with Crippen molar-refractivity contribution in [2.24, 2.45) is 11.8 Å². The summed E-state index contributed by atoms with van der Waals surface area (Å²) in [6.45, 7) is 2.20. The Morgan fingerprint density at radius 2 is 1.52 bits per heavy atom. The van der Waals surface area contributed by atoms with Crippen LogP contribution in [-0.4, -0.2) is 5.97 Å². The van der Waals surface area contributed by atoms with E-state index in [0.29, 0.717) is 24.5 Å². The molecular weight excluding hydrogens is 391 g/mol. The number of rotatable bonds is 9. The third-order valence-electron chi connectivity index (χ3n) is 5.72. The number of unbranched alkanes of at least 4 members (excludes halogenated alkanes) is 3. The molecule has 1 aromatic rings. The van der Waals surface area contributed by atoms with Crippen LogP contribution < -0.4 is 4.74 Å². The first-order valence-electron chi connectivity index (χ1n) is 10.5. The van der Waals surface area contributed by atoms with Gasteiger partial charge in [0.15, 0.2) is 0 Å². The van der Waals surface area contributed by atoms with Crippen molar-refractivity contribution in [3.63, 3.8) is 0 Å². The molecule has 1 fully saturated rings. The monoisotopic (exact) mass is 420 g/mol. The zero-order valence-electron chi connectivity index (χ0n) is 16.8. The molecule has 0 radical (unpaired) electrons. The van der Waals surface area contributed by atoms with Gasteiger partial charge in [-0.15, -0.1) is 0 Å². The number of benzene rings is 1. The summed E-state index contributed by atoms with van der Waals surface area (Å²) in [4.78, 5) is 11.9. The van der Waals surface area contributed by atoms with Gasteiger partial charge in [-0.2, -0.15) is 13.2 Å². The molecular formula is C22H29F5O2. The average Bonchev–Trinajstić information content (AvgIpc) is 2.63. The van der Waals surface area contributed by atoms with Gasteiger partial charge in [0.05, 0.1) is 0 Å². The van der Waals surface area contributed by atoms with Gasteiger partial charge in [-0.1, -0.05) is 64.7 Å². The minimum Gasteiger partial charge on any atom is -0.426 e. The van der Waals surface area contributed by atoms with Crippen molar-refractivity contribution >= 4 is 5.97 Å². The Morgan fingerprint density at radius 1 is 0.966 bits per heavy atom. The molecule has 1 aliphatic rings. The highest BCUT2D eigenvalue weighted by molar-refractivity contribution is 5.72. The van der Waals surface area contributed by atoms with Crippen LogP contribution in [0.5, 0.6) is 5.75 Å². The van der Waals surface area contributed by atoms with Crippen molar-refractivity contribution in [2.75, 3.05) is 0 Å². The minimum absolute atomic E-state index is 0.0795. The molecule has 2 rings (SSSR count). The van der Waals surface area contributed by atoms with E-state index >= 15 is 0 Å². The van der Waals surface area contributed by atoms with Gasteiger partial charge in [0.25, 0.3) is 0 Å². The molecule has 0 saturated heterocycles. The van der Waals surface area contributed by atoms with Crippen LogP contribution in [-0.2, 0) is 11.0 Å². The highest BCUT2D eigenvalue weighted by Gasteiger charge is 2.38.